The van der Waals surface area contributed by atoms with Crippen molar-refractivity contribution in [2.75, 3.05) is 5.32 Å². The number of urea groups is 1. The van der Waals surface area contributed by atoms with E-state index in [2.05, 4.69) is 20.6 Å². The molecular formula is C9H11N5O4. The molecule has 0 aliphatic heterocycles. The van der Waals surface area contributed by atoms with Crippen LogP contribution in [0.1, 0.15) is 17.4 Å². The first kappa shape index (κ1) is 13.4. The highest BCUT2D eigenvalue weighted by atomic mass is 16.4. The molecule has 1 aromatic heterocycles. The monoisotopic (exact) mass is 253 g/mol. The number of carbonyl (C=O) groups excluding carboxylic acids is 2. The van der Waals surface area contributed by atoms with Gasteiger partial charge in [0.25, 0.3) is 0 Å². The predicted molar refractivity (Wildman–Crippen MR) is 59.8 cm³/mol. The number of aromatic nitrogens is 2. The van der Waals surface area contributed by atoms with E-state index in [9.17, 15) is 14.4 Å². The number of hydrogen-bond acceptors (Lipinski definition) is 5. The molecule has 0 radical (unpaired) electrons. The molecule has 5 N–H and O–H groups in total. The molecule has 1 aromatic rings. The molecule has 1 unspecified atom stereocenters. The van der Waals surface area contributed by atoms with Crippen LogP contribution in [0, 0.1) is 0 Å². The van der Waals surface area contributed by atoms with Crippen LogP contribution in [0.3, 0.4) is 0 Å². The van der Waals surface area contributed by atoms with Crippen molar-refractivity contribution in [2.24, 2.45) is 5.73 Å². The van der Waals surface area contributed by atoms with E-state index < -0.39 is 29.6 Å². The molecule has 0 aliphatic rings. The van der Waals surface area contributed by atoms with Gasteiger partial charge in [0.2, 0.25) is 5.91 Å². The van der Waals surface area contributed by atoms with Crippen LogP contribution in [0.15, 0.2) is 12.4 Å². The molecule has 1 heterocycles. The van der Waals surface area contributed by atoms with E-state index in [4.69, 9.17) is 10.8 Å². The summed E-state index contributed by atoms with van der Waals surface area (Å²) < 4.78 is 0. The number of carbonyl (C=O) groups is 3. The average molecular weight is 253 g/mol. The number of amides is 3. The van der Waals surface area contributed by atoms with E-state index in [0.29, 0.717) is 0 Å². The lowest BCUT2D eigenvalue weighted by Crippen LogP contribution is -2.44. The van der Waals surface area contributed by atoms with E-state index >= 15 is 0 Å². The lowest BCUT2D eigenvalue weighted by atomic mass is 10.3. The molecule has 18 heavy (non-hydrogen) atoms. The van der Waals surface area contributed by atoms with E-state index in [1.807, 2.05) is 0 Å². The van der Waals surface area contributed by atoms with Gasteiger partial charge in [0.05, 0.1) is 0 Å². The second-order valence-electron chi connectivity index (χ2n) is 3.28. The third-order valence-corrected chi connectivity index (χ3v) is 1.89. The number of rotatable bonds is 4. The third kappa shape index (κ3) is 3.40. The van der Waals surface area contributed by atoms with Crippen LogP contribution in [0.25, 0.3) is 0 Å². The van der Waals surface area contributed by atoms with Crippen molar-refractivity contribution in [3.05, 3.63) is 18.1 Å². The van der Waals surface area contributed by atoms with Crippen molar-refractivity contribution < 1.29 is 19.5 Å². The van der Waals surface area contributed by atoms with Gasteiger partial charge < -0.3 is 21.5 Å². The number of nitrogens with two attached hydrogens (primary N) is 1. The van der Waals surface area contributed by atoms with Gasteiger partial charge in [-0.2, -0.15) is 0 Å². The van der Waals surface area contributed by atoms with Crippen LogP contribution < -0.4 is 16.4 Å². The SMILES string of the molecule is CC(NC(N)=O)C(=O)Nc1nccnc1C(=O)O. The van der Waals surface area contributed by atoms with Crippen molar-refractivity contribution in [2.45, 2.75) is 13.0 Å². The second kappa shape index (κ2) is 5.57. The molecule has 0 aromatic carbocycles. The zero-order valence-corrected chi connectivity index (χ0v) is 9.38. The largest absolute Gasteiger partial charge is 0.476 e. The molecule has 0 bridgehead atoms. The lowest BCUT2D eigenvalue weighted by molar-refractivity contribution is -0.117. The minimum absolute atomic E-state index is 0.201. The second-order valence-corrected chi connectivity index (χ2v) is 3.28. The first-order valence-corrected chi connectivity index (χ1v) is 4.83. The average Bonchev–Trinajstić information content (AvgIpc) is 2.28. The van der Waals surface area contributed by atoms with Crippen LogP contribution in [0.2, 0.25) is 0 Å². The summed E-state index contributed by atoms with van der Waals surface area (Å²) >= 11 is 0. The summed E-state index contributed by atoms with van der Waals surface area (Å²) in [6.45, 7) is 1.39. The van der Waals surface area contributed by atoms with E-state index in [1.165, 1.54) is 19.3 Å². The Kier molecular flexibility index (Phi) is 4.13. The Morgan fingerprint density at radius 1 is 1.33 bits per heavy atom. The highest BCUT2D eigenvalue weighted by Gasteiger charge is 2.19. The highest BCUT2D eigenvalue weighted by Crippen LogP contribution is 2.08. The molecule has 0 saturated carbocycles. The quantitative estimate of drug-likeness (QED) is 0.550. The molecule has 96 valence electrons. The van der Waals surface area contributed by atoms with Crippen molar-refractivity contribution in [1.29, 1.82) is 0 Å². The molecule has 3 amide bonds. The van der Waals surface area contributed by atoms with Crippen LogP contribution in [0.5, 0.6) is 0 Å². The topological polar surface area (TPSA) is 147 Å². The maximum Gasteiger partial charge on any atom is 0.358 e. The molecule has 1 atom stereocenters. The van der Waals surface area contributed by atoms with Crippen LogP contribution in [0.4, 0.5) is 10.6 Å². The minimum atomic E-state index is -1.33. The Morgan fingerprint density at radius 3 is 2.50 bits per heavy atom. The minimum Gasteiger partial charge on any atom is -0.476 e. The van der Waals surface area contributed by atoms with Crippen molar-refractivity contribution >= 4 is 23.7 Å². The van der Waals surface area contributed by atoms with Gasteiger partial charge in [-0.05, 0) is 6.92 Å². The zero-order valence-electron chi connectivity index (χ0n) is 9.38. The van der Waals surface area contributed by atoms with Gasteiger partial charge in [-0.15, -0.1) is 0 Å². The van der Waals surface area contributed by atoms with Crippen molar-refractivity contribution in [1.82, 2.24) is 15.3 Å². The van der Waals surface area contributed by atoms with Gasteiger partial charge in [0.15, 0.2) is 11.5 Å². The normalized spacial score (nSPS) is 11.4. The van der Waals surface area contributed by atoms with Gasteiger partial charge in [0, 0.05) is 12.4 Å². The standard InChI is InChI=1S/C9H11N5O4/c1-4(13-9(10)18)7(15)14-6-5(8(16)17)11-2-3-12-6/h2-4H,1H3,(H,16,17)(H3,10,13,18)(H,12,14,15). The van der Waals surface area contributed by atoms with Crippen molar-refractivity contribution in [3.8, 4) is 0 Å². The van der Waals surface area contributed by atoms with Crippen LogP contribution >= 0.6 is 0 Å². The van der Waals surface area contributed by atoms with Gasteiger partial charge >= 0.3 is 12.0 Å². The molecular weight excluding hydrogens is 242 g/mol. The summed E-state index contributed by atoms with van der Waals surface area (Å²) in [6.07, 6.45) is 2.42. The number of hydrogen-bond donors (Lipinski definition) is 4. The Morgan fingerprint density at radius 2 is 1.94 bits per heavy atom. The number of primary amides is 1. The number of anilines is 1. The summed E-state index contributed by atoms with van der Waals surface area (Å²) in [4.78, 5) is 40.2. The number of carboxylic acids is 1. The Labute approximate surface area is 101 Å². The fraction of sp³-hybridized carbons (Fsp3) is 0.222. The van der Waals surface area contributed by atoms with E-state index in [0.717, 1.165) is 0 Å². The number of aromatic carboxylic acids is 1. The summed E-state index contributed by atoms with van der Waals surface area (Å²) in [5.74, 6) is -2.18. The predicted octanol–water partition coefficient (Wildman–Crippen LogP) is -0.830. The van der Waals surface area contributed by atoms with Crippen LogP contribution in [-0.4, -0.2) is 39.0 Å². The van der Waals surface area contributed by atoms with E-state index in [-0.39, 0.29) is 5.82 Å². The fourth-order valence-electron chi connectivity index (χ4n) is 1.09. The number of carboxylic acid groups (broad SMARTS) is 1. The van der Waals surface area contributed by atoms with Gasteiger partial charge in [-0.1, -0.05) is 0 Å². The first-order chi connectivity index (χ1) is 8.41. The van der Waals surface area contributed by atoms with Gasteiger partial charge in [-0.25, -0.2) is 19.6 Å². The first-order valence-electron chi connectivity index (χ1n) is 4.83. The molecule has 0 fully saturated rings. The number of nitrogens with one attached hydrogen (secondary N) is 2. The lowest BCUT2D eigenvalue weighted by Gasteiger charge is -2.12. The summed E-state index contributed by atoms with van der Waals surface area (Å²) in [6, 6.07) is -1.79. The fourth-order valence-corrected chi connectivity index (χ4v) is 1.09. The van der Waals surface area contributed by atoms with Crippen LogP contribution in [-0.2, 0) is 4.79 Å². The third-order valence-electron chi connectivity index (χ3n) is 1.89. The Balaban J connectivity index is 2.82. The summed E-state index contributed by atoms with van der Waals surface area (Å²) in [5, 5.41) is 13.2. The zero-order chi connectivity index (χ0) is 13.7. The van der Waals surface area contributed by atoms with Gasteiger partial charge in [-0.3, -0.25) is 4.79 Å². The molecule has 9 nitrogen and oxygen atoms in total. The van der Waals surface area contributed by atoms with E-state index in [1.54, 1.807) is 0 Å². The summed E-state index contributed by atoms with van der Waals surface area (Å²) in [7, 11) is 0. The van der Waals surface area contributed by atoms with Crippen molar-refractivity contribution in [3.63, 3.8) is 0 Å². The van der Waals surface area contributed by atoms with Gasteiger partial charge in [0.1, 0.15) is 6.04 Å². The molecule has 0 aliphatic carbocycles. The summed E-state index contributed by atoms with van der Waals surface area (Å²) in [5.41, 5.74) is 4.46. The highest BCUT2D eigenvalue weighted by molar-refractivity contribution is 6.00. The smallest absolute Gasteiger partial charge is 0.358 e. The molecule has 0 saturated heterocycles. The molecule has 9 heteroatoms. The Bertz CT molecular complexity index is 490. The molecule has 0 spiro atoms. The molecule has 1 rings (SSSR count). The maximum atomic E-state index is 11.6. The maximum absolute atomic E-state index is 11.6. The Hall–Kier alpha value is -2.71. The number of nitrogens with zero attached hydrogens (tertiary/aromatic N) is 2.